The summed E-state index contributed by atoms with van der Waals surface area (Å²) in [4.78, 5) is 11.1. The molecule has 0 aromatic heterocycles. The van der Waals surface area contributed by atoms with Crippen molar-refractivity contribution in [1.29, 1.82) is 0 Å². The number of benzene rings is 2. The molecule has 1 atom stereocenters. The molecular formula is C28H41O3P. The van der Waals surface area contributed by atoms with Crippen molar-refractivity contribution in [3.63, 3.8) is 0 Å². The Kier molecular flexibility index (Phi) is 6.06. The first-order chi connectivity index (χ1) is 14.3. The zero-order valence-electron chi connectivity index (χ0n) is 21.6. The van der Waals surface area contributed by atoms with Crippen LogP contribution in [0.2, 0.25) is 0 Å². The molecule has 1 aliphatic rings. The molecule has 1 unspecified atom stereocenters. The van der Waals surface area contributed by atoms with Gasteiger partial charge in [-0.15, -0.1) is 0 Å². The molecule has 0 saturated carbocycles. The maximum Gasteiger partial charge on any atom is 0.409 e. The third-order valence-electron chi connectivity index (χ3n) is 6.25. The molecule has 1 aliphatic heterocycles. The van der Waals surface area contributed by atoms with Crippen LogP contribution in [-0.4, -0.2) is 4.89 Å². The predicted molar refractivity (Wildman–Crippen MR) is 136 cm³/mol. The molecule has 1 N–H and O–H groups in total. The Bertz CT molecular complexity index is 1070. The molecule has 0 spiro atoms. The summed E-state index contributed by atoms with van der Waals surface area (Å²) in [6.45, 7) is 22.4. The Morgan fingerprint density at radius 1 is 0.781 bits per heavy atom. The van der Waals surface area contributed by atoms with Gasteiger partial charge >= 0.3 is 7.60 Å². The fraction of sp³-hybridized carbons (Fsp3) is 0.571. The molecule has 1 heterocycles. The van der Waals surface area contributed by atoms with Crippen LogP contribution >= 0.6 is 7.60 Å². The molecule has 4 heteroatoms. The minimum atomic E-state index is -4.02. The third-order valence-corrected chi connectivity index (χ3v) is 7.74. The molecule has 0 saturated heterocycles. The Balaban J connectivity index is 2.38. The number of hydrogen-bond acceptors (Lipinski definition) is 2. The molecular weight excluding hydrogens is 415 g/mol. The first kappa shape index (κ1) is 25.1. The van der Waals surface area contributed by atoms with Gasteiger partial charge in [-0.3, -0.25) is 0 Å². The van der Waals surface area contributed by atoms with Crippen LogP contribution in [0.15, 0.2) is 36.4 Å². The van der Waals surface area contributed by atoms with Gasteiger partial charge in [-0.2, -0.15) is 0 Å². The van der Waals surface area contributed by atoms with E-state index in [-0.39, 0.29) is 21.7 Å². The second-order valence-electron chi connectivity index (χ2n) is 13.3. The van der Waals surface area contributed by atoms with Gasteiger partial charge < -0.3 is 9.42 Å². The van der Waals surface area contributed by atoms with Crippen LogP contribution in [0.3, 0.4) is 0 Å². The fourth-order valence-corrected chi connectivity index (χ4v) is 7.53. The Hall–Kier alpha value is -1.57. The molecule has 0 amide bonds. The summed E-state index contributed by atoms with van der Waals surface area (Å²) < 4.78 is 19.3. The van der Waals surface area contributed by atoms with Gasteiger partial charge in [0, 0.05) is 11.1 Å². The van der Waals surface area contributed by atoms with Gasteiger partial charge in [-0.25, -0.2) is 4.57 Å². The Labute approximate surface area is 195 Å². The zero-order valence-corrected chi connectivity index (χ0v) is 22.5. The molecule has 32 heavy (non-hydrogen) atoms. The van der Waals surface area contributed by atoms with Crippen LogP contribution in [0.25, 0.3) is 11.1 Å². The molecule has 0 bridgehead atoms. The maximum absolute atomic E-state index is 13.6. The molecule has 3 nitrogen and oxygen atoms in total. The smallest absolute Gasteiger partial charge is 0.409 e. The normalized spacial score (nSPS) is 19.2. The topological polar surface area (TPSA) is 46.5 Å². The number of para-hydroxylation sites is 1. The van der Waals surface area contributed by atoms with E-state index in [4.69, 9.17) is 4.52 Å². The average molecular weight is 457 g/mol. The van der Waals surface area contributed by atoms with Crippen LogP contribution in [0.5, 0.6) is 5.75 Å². The molecule has 0 radical (unpaired) electrons. The van der Waals surface area contributed by atoms with E-state index < -0.39 is 7.60 Å². The first-order valence-electron chi connectivity index (χ1n) is 11.6. The van der Waals surface area contributed by atoms with Crippen LogP contribution in [-0.2, 0) is 15.4 Å². The van der Waals surface area contributed by atoms with Gasteiger partial charge in [0.25, 0.3) is 0 Å². The summed E-state index contributed by atoms with van der Waals surface area (Å²) in [5.74, 6) is 0.483. The van der Waals surface area contributed by atoms with Gasteiger partial charge in [0.1, 0.15) is 5.75 Å². The summed E-state index contributed by atoms with van der Waals surface area (Å²) in [5, 5.41) is 0.473. The van der Waals surface area contributed by atoms with Crippen molar-refractivity contribution in [3.05, 3.63) is 47.5 Å². The highest BCUT2D eigenvalue weighted by Gasteiger charge is 2.43. The van der Waals surface area contributed by atoms with Crippen LogP contribution in [0, 0.1) is 10.8 Å². The molecule has 0 aliphatic carbocycles. The standard InChI is InChI=1S/C28H41O3P/c1-25(2,3)17-27(7,8)19-15-21-20-13-11-12-14-23(20)31-32(29,30)24(21)22(16-19)28(9,10)18-26(4,5)6/h11-16H,17-18H2,1-10H3,(H,29,30). The van der Waals surface area contributed by atoms with E-state index in [9.17, 15) is 9.46 Å². The maximum atomic E-state index is 13.6. The van der Waals surface area contributed by atoms with E-state index in [0.717, 1.165) is 29.5 Å². The molecule has 2 aromatic rings. The SMILES string of the molecule is CC(C)(C)CC(C)(C)c1cc2c(c(C(C)(C)CC(C)(C)C)c1)P(=O)(O)Oc1ccccc1-2. The van der Waals surface area contributed by atoms with Crippen molar-refractivity contribution < 1.29 is 14.0 Å². The first-order valence-corrected chi connectivity index (χ1v) is 13.2. The van der Waals surface area contributed by atoms with E-state index in [2.05, 4.69) is 81.4 Å². The lowest BCUT2D eigenvalue weighted by molar-refractivity contribution is 0.279. The minimum Gasteiger partial charge on any atom is -0.421 e. The number of rotatable bonds is 4. The van der Waals surface area contributed by atoms with Crippen molar-refractivity contribution in [1.82, 2.24) is 0 Å². The minimum absolute atomic E-state index is 0.0696. The van der Waals surface area contributed by atoms with E-state index in [1.54, 1.807) is 6.07 Å². The second-order valence-corrected chi connectivity index (χ2v) is 14.9. The van der Waals surface area contributed by atoms with E-state index >= 15 is 0 Å². The average Bonchev–Trinajstić information content (AvgIpc) is 2.56. The van der Waals surface area contributed by atoms with Gasteiger partial charge in [-0.05, 0) is 57.8 Å². The highest BCUT2D eigenvalue weighted by atomic mass is 31.2. The van der Waals surface area contributed by atoms with Crippen molar-refractivity contribution in [3.8, 4) is 16.9 Å². The van der Waals surface area contributed by atoms with Gasteiger partial charge in [0.2, 0.25) is 0 Å². The summed E-state index contributed by atoms with van der Waals surface area (Å²) >= 11 is 0. The zero-order chi connectivity index (χ0) is 24.3. The van der Waals surface area contributed by atoms with Gasteiger partial charge in [0.05, 0.1) is 5.30 Å². The summed E-state index contributed by atoms with van der Waals surface area (Å²) in [6.07, 6.45) is 1.89. The second kappa shape index (κ2) is 7.74. The van der Waals surface area contributed by atoms with Crippen molar-refractivity contribution in [2.24, 2.45) is 10.8 Å². The largest absolute Gasteiger partial charge is 0.421 e. The summed E-state index contributed by atoms with van der Waals surface area (Å²) in [7, 11) is -4.02. The van der Waals surface area contributed by atoms with Crippen LogP contribution < -0.4 is 9.83 Å². The summed E-state index contributed by atoms with van der Waals surface area (Å²) in [5.41, 5.74) is 3.71. The van der Waals surface area contributed by atoms with Gasteiger partial charge in [-0.1, -0.05) is 93.5 Å². The third kappa shape index (κ3) is 5.15. The highest BCUT2D eigenvalue weighted by Crippen LogP contribution is 2.55. The number of hydrogen-bond donors (Lipinski definition) is 1. The van der Waals surface area contributed by atoms with Gasteiger partial charge in [0.15, 0.2) is 0 Å². The van der Waals surface area contributed by atoms with Crippen LogP contribution in [0.1, 0.15) is 93.2 Å². The molecule has 2 aromatic carbocycles. The molecule has 0 fully saturated rings. The van der Waals surface area contributed by atoms with Crippen molar-refractivity contribution in [2.45, 2.75) is 92.9 Å². The quantitative estimate of drug-likeness (QED) is 0.474. The lowest BCUT2D eigenvalue weighted by Gasteiger charge is -2.39. The molecule has 176 valence electrons. The van der Waals surface area contributed by atoms with E-state index in [1.165, 1.54) is 5.56 Å². The monoisotopic (exact) mass is 456 g/mol. The molecule has 3 rings (SSSR count). The Morgan fingerprint density at radius 3 is 1.88 bits per heavy atom. The highest BCUT2D eigenvalue weighted by molar-refractivity contribution is 7.62. The fourth-order valence-electron chi connectivity index (χ4n) is 5.85. The van der Waals surface area contributed by atoms with Crippen molar-refractivity contribution in [2.75, 3.05) is 0 Å². The lowest BCUT2D eigenvalue weighted by Crippen LogP contribution is -2.35. The van der Waals surface area contributed by atoms with Crippen molar-refractivity contribution >= 4 is 12.9 Å². The van der Waals surface area contributed by atoms with E-state index in [1.807, 2.05) is 18.2 Å². The Morgan fingerprint density at radius 2 is 1.31 bits per heavy atom. The summed E-state index contributed by atoms with van der Waals surface area (Å²) in [6, 6.07) is 11.9. The van der Waals surface area contributed by atoms with Crippen LogP contribution in [0.4, 0.5) is 0 Å². The van der Waals surface area contributed by atoms with E-state index in [0.29, 0.717) is 11.1 Å². The predicted octanol–water partition coefficient (Wildman–Crippen LogP) is 7.98. The number of fused-ring (bicyclic) bond motifs is 3. The lowest BCUT2D eigenvalue weighted by atomic mass is 9.68.